The molecule has 142 valence electrons. The number of Topliss-reactive ketones (excluding diaryl/α,β-unsaturated/α-hetero) is 1. The topological polar surface area (TPSA) is 61.4 Å². The molecule has 5 heteroatoms. The Bertz CT molecular complexity index is 1210. The van der Waals surface area contributed by atoms with E-state index in [1.807, 2.05) is 67.9 Å². The Kier molecular flexibility index (Phi) is 4.51. The van der Waals surface area contributed by atoms with Gasteiger partial charge in [-0.3, -0.25) is 9.59 Å². The summed E-state index contributed by atoms with van der Waals surface area (Å²) in [6.45, 7) is 3.55. The zero-order chi connectivity index (χ0) is 19.8. The summed E-state index contributed by atoms with van der Waals surface area (Å²) >= 11 is 0. The minimum absolute atomic E-state index is 0.0566. The van der Waals surface area contributed by atoms with Gasteiger partial charge in [-0.15, -0.1) is 0 Å². The quantitative estimate of drug-likeness (QED) is 0.380. The predicted molar refractivity (Wildman–Crippen MR) is 108 cm³/mol. The summed E-state index contributed by atoms with van der Waals surface area (Å²) in [5.74, 6) is -0.647. The lowest BCUT2D eigenvalue weighted by atomic mass is 10.0. The predicted octanol–water partition coefficient (Wildman–Crippen LogP) is 4.51. The van der Waals surface area contributed by atoms with Gasteiger partial charge < -0.3 is 13.7 Å². The molecule has 0 atom stereocenters. The van der Waals surface area contributed by atoms with Crippen molar-refractivity contribution in [3.05, 3.63) is 71.2 Å². The Morgan fingerprint density at radius 1 is 1.11 bits per heavy atom. The standard InChI is InChI=1S/C23H21NO4/c1-14-10-19(15(2)24(14)3)20(25)13-28-22(26)11-17-12-27-21-9-8-16-6-4-5-7-18(16)23(17)21/h4-10,12H,11,13H2,1-3H3. The summed E-state index contributed by atoms with van der Waals surface area (Å²) in [4.78, 5) is 24.8. The van der Waals surface area contributed by atoms with Gasteiger partial charge in [0.2, 0.25) is 5.78 Å². The van der Waals surface area contributed by atoms with Crippen LogP contribution in [0.15, 0.2) is 53.1 Å². The molecule has 0 amide bonds. The highest BCUT2D eigenvalue weighted by Crippen LogP contribution is 2.30. The van der Waals surface area contributed by atoms with Gasteiger partial charge in [0.05, 0.1) is 12.7 Å². The molecule has 0 fully saturated rings. The molecule has 0 unspecified atom stereocenters. The van der Waals surface area contributed by atoms with E-state index in [2.05, 4.69) is 0 Å². The average Bonchev–Trinajstić information content (AvgIpc) is 3.22. The van der Waals surface area contributed by atoms with Crippen molar-refractivity contribution in [2.24, 2.45) is 7.05 Å². The highest BCUT2D eigenvalue weighted by molar-refractivity contribution is 6.08. The van der Waals surface area contributed by atoms with E-state index in [4.69, 9.17) is 9.15 Å². The highest BCUT2D eigenvalue weighted by Gasteiger charge is 2.18. The molecule has 28 heavy (non-hydrogen) atoms. The lowest BCUT2D eigenvalue weighted by Gasteiger charge is -2.05. The SMILES string of the molecule is Cc1cc(C(=O)COC(=O)Cc2coc3ccc4ccccc4c23)c(C)n1C. The van der Waals surface area contributed by atoms with E-state index in [0.717, 1.165) is 38.7 Å². The van der Waals surface area contributed by atoms with E-state index in [9.17, 15) is 9.59 Å². The van der Waals surface area contributed by atoms with Gasteiger partial charge in [-0.05, 0) is 36.8 Å². The summed E-state index contributed by atoms with van der Waals surface area (Å²) in [6, 6.07) is 13.7. The molecule has 0 saturated heterocycles. The van der Waals surface area contributed by atoms with Crippen LogP contribution in [0.5, 0.6) is 0 Å². The number of rotatable bonds is 5. The smallest absolute Gasteiger partial charge is 0.310 e. The molecule has 0 aliphatic heterocycles. The summed E-state index contributed by atoms with van der Waals surface area (Å²) in [6.07, 6.45) is 1.64. The molecule has 4 aromatic rings. The van der Waals surface area contributed by atoms with E-state index in [1.165, 1.54) is 0 Å². The first-order valence-electron chi connectivity index (χ1n) is 9.15. The van der Waals surface area contributed by atoms with Crippen LogP contribution >= 0.6 is 0 Å². The van der Waals surface area contributed by atoms with Crippen molar-refractivity contribution in [2.45, 2.75) is 20.3 Å². The van der Waals surface area contributed by atoms with E-state index in [-0.39, 0.29) is 18.8 Å². The molecule has 0 radical (unpaired) electrons. The molecule has 0 N–H and O–H groups in total. The van der Waals surface area contributed by atoms with Crippen LogP contribution in [-0.2, 0) is 23.0 Å². The fourth-order valence-corrected chi connectivity index (χ4v) is 3.57. The molecule has 0 saturated carbocycles. The lowest BCUT2D eigenvalue weighted by Crippen LogP contribution is -2.16. The average molecular weight is 375 g/mol. The zero-order valence-electron chi connectivity index (χ0n) is 16.1. The summed E-state index contributed by atoms with van der Waals surface area (Å²) in [5.41, 5.74) is 3.94. The maximum Gasteiger partial charge on any atom is 0.310 e. The monoisotopic (exact) mass is 375 g/mol. The maximum absolute atomic E-state index is 12.4. The van der Waals surface area contributed by atoms with Crippen molar-refractivity contribution in [3.63, 3.8) is 0 Å². The number of carbonyl (C=O) groups excluding carboxylic acids is 2. The number of ketones is 1. The van der Waals surface area contributed by atoms with Crippen molar-refractivity contribution in [3.8, 4) is 0 Å². The number of nitrogens with zero attached hydrogens (tertiary/aromatic N) is 1. The zero-order valence-corrected chi connectivity index (χ0v) is 16.1. The lowest BCUT2D eigenvalue weighted by molar-refractivity contribution is -0.141. The van der Waals surface area contributed by atoms with Crippen molar-refractivity contribution in [2.75, 3.05) is 6.61 Å². The van der Waals surface area contributed by atoms with Gasteiger partial charge in [0.15, 0.2) is 6.61 Å². The number of benzene rings is 2. The van der Waals surface area contributed by atoms with Crippen LogP contribution in [0.1, 0.15) is 27.3 Å². The van der Waals surface area contributed by atoms with Gasteiger partial charge in [0.1, 0.15) is 5.58 Å². The fourth-order valence-electron chi connectivity index (χ4n) is 3.57. The molecule has 2 aromatic carbocycles. The Morgan fingerprint density at radius 2 is 1.89 bits per heavy atom. The Labute approximate surface area is 162 Å². The number of esters is 1. The van der Waals surface area contributed by atoms with Crippen molar-refractivity contribution >= 4 is 33.5 Å². The first-order chi connectivity index (χ1) is 13.5. The van der Waals surface area contributed by atoms with E-state index in [0.29, 0.717) is 5.56 Å². The third kappa shape index (κ3) is 3.09. The van der Waals surface area contributed by atoms with Crippen LogP contribution in [0.3, 0.4) is 0 Å². The van der Waals surface area contributed by atoms with Crippen LogP contribution in [0.25, 0.3) is 21.7 Å². The van der Waals surface area contributed by atoms with E-state index in [1.54, 1.807) is 6.26 Å². The number of aryl methyl sites for hydroxylation is 1. The van der Waals surface area contributed by atoms with Crippen molar-refractivity contribution in [1.29, 1.82) is 0 Å². The second-order valence-corrected chi connectivity index (χ2v) is 7.03. The van der Waals surface area contributed by atoms with E-state index < -0.39 is 5.97 Å². The third-order valence-corrected chi connectivity index (χ3v) is 5.31. The second kappa shape index (κ2) is 7.00. The number of hydrogen-bond donors (Lipinski definition) is 0. The highest BCUT2D eigenvalue weighted by atomic mass is 16.5. The van der Waals surface area contributed by atoms with Gasteiger partial charge in [0, 0.05) is 34.9 Å². The number of furan rings is 1. The Hall–Kier alpha value is -3.34. The Balaban J connectivity index is 1.50. The molecule has 0 spiro atoms. The number of fused-ring (bicyclic) bond motifs is 3. The molecule has 0 aliphatic rings. The number of carbonyl (C=O) groups is 2. The first kappa shape index (κ1) is 18.0. The minimum Gasteiger partial charge on any atom is -0.464 e. The molecule has 0 aliphatic carbocycles. The molecular formula is C23H21NO4. The summed E-state index contributed by atoms with van der Waals surface area (Å²) in [5, 5.41) is 3.02. The van der Waals surface area contributed by atoms with Gasteiger partial charge in [-0.1, -0.05) is 30.3 Å². The Morgan fingerprint density at radius 3 is 2.64 bits per heavy atom. The van der Waals surface area contributed by atoms with Gasteiger partial charge in [-0.2, -0.15) is 0 Å². The minimum atomic E-state index is -0.450. The first-order valence-corrected chi connectivity index (χ1v) is 9.15. The van der Waals surface area contributed by atoms with Crippen molar-refractivity contribution in [1.82, 2.24) is 4.57 Å². The maximum atomic E-state index is 12.4. The molecular weight excluding hydrogens is 354 g/mol. The van der Waals surface area contributed by atoms with Gasteiger partial charge in [-0.25, -0.2) is 0 Å². The van der Waals surface area contributed by atoms with Crippen LogP contribution in [0, 0.1) is 13.8 Å². The molecule has 0 bridgehead atoms. The second-order valence-electron chi connectivity index (χ2n) is 7.03. The number of aromatic nitrogens is 1. The molecule has 2 heterocycles. The normalized spacial score (nSPS) is 11.2. The van der Waals surface area contributed by atoms with Gasteiger partial charge >= 0.3 is 5.97 Å². The van der Waals surface area contributed by atoms with Gasteiger partial charge in [0.25, 0.3) is 0 Å². The number of ether oxygens (including phenoxy) is 1. The third-order valence-electron chi connectivity index (χ3n) is 5.31. The molecule has 5 nitrogen and oxygen atoms in total. The van der Waals surface area contributed by atoms with Crippen LogP contribution in [-0.4, -0.2) is 22.9 Å². The molecule has 2 aromatic heterocycles. The van der Waals surface area contributed by atoms with Crippen LogP contribution in [0.4, 0.5) is 0 Å². The van der Waals surface area contributed by atoms with Crippen molar-refractivity contribution < 1.29 is 18.7 Å². The summed E-state index contributed by atoms with van der Waals surface area (Å²) in [7, 11) is 1.90. The summed E-state index contributed by atoms with van der Waals surface area (Å²) < 4.78 is 12.8. The number of hydrogen-bond acceptors (Lipinski definition) is 4. The molecule has 4 rings (SSSR count). The van der Waals surface area contributed by atoms with E-state index >= 15 is 0 Å². The van der Waals surface area contributed by atoms with Crippen LogP contribution < -0.4 is 0 Å². The largest absolute Gasteiger partial charge is 0.464 e. The van der Waals surface area contributed by atoms with Crippen LogP contribution in [0.2, 0.25) is 0 Å². The fraction of sp³-hybridized carbons (Fsp3) is 0.217.